The molecule has 1 aromatic heterocycles. The fourth-order valence-corrected chi connectivity index (χ4v) is 2.10. The maximum atomic E-state index is 4.06. The van der Waals surface area contributed by atoms with Gasteiger partial charge in [-0.15, -0.1) is 0 Å². The average Bonchev–Trinajstić information content (AvgIpc) is 2.40. The van der Waals surface area contributed by atoms with Gasteiger partial charge in [-0.3, -0.25) is 4.98 Å². The summed E-state index contributed by atoms with van der Waals surface area (Å²) in [6.07, 6.45) is 4.85. The second-order valence-electron chi connectivity index (χ2n) is 4.56. The van der Waals surface area contributed by atoms with Gasteiger partial charge in [-0.25, -0.2) is 0 Å². The molecule has 1 heterocycles. The van der Waals surface area contributed by atoms with E-state index in [0.29, 0.717) is 0 Å². The minimum Gasteiger partial charge on any atom is -0.313 e. The molecular weight excluding hydrogens is 220 g/mol. The van der Waals surface area contributed by atoms with Crippen molar-refractivity contribution in [3.8, 4) is 11.1 Å². The molecule has 94 valence electrons. The van der Waals surface area contributed by atoms with E-state index in [1.807, 2.05) is 12.4 Å². The van der Waals surface area contributed by atoms with Crippen molar-refractivity contribution in [3.05, 3.63) is 53.9 Å². The first-order chi connectivity index (χ1) is 8.81. The molecule has 0 saturated carbocycles. The first-order valence-corrected chi connectivity index (χ1v) is 6.52. The third-order valence-corrected chi connectivity index (χ3v) is 3.04. The Hall–Kier alpha value is -1.67. The number of hydrogen-bond acceptors (Lipinski definition) is 2. The summed E-state index contributed by atoms with van der Waals surface area (Å²) in [5, 5.41) is 3.43. The zero-order valence-corrected chi connectivity index (χ0v) is 11.1. The molecular formula is C16H20N2. The molecule has 0 aliphatic heterocycles. The molecule has 18 heavy (non-hydrogen) atoms. The highest BCUT2D eigenvalue weighted by Gasteiger charge is 2.02. The van der Waals surface area contributed by atoms with Crippen molar-refractivity contribution < 1.29 is 0 Å². The van der Waals surface area contributed by atoms with E-state index in [0.717, 1.165) is 13.1 Å². The SMILES string of the molecule is CCCNCc1ccc(-c2ccncc2)c(C)c1. The number of aryl methyl sites for hydroxylation is 1. The number of hydrogen-bond donors (Lipinski definition) is 1. The lowest BCUT2D eigenvalue weighted by Gasteiger charge is -2.09. The Balaban J connectivity index is 2.15. The highest BCUT2D eigenvalue weighted by Crippen LogP contribution is 2.23. The van der Waals surface area contributed by atoms with Crippen molar-refractivity contribution in [2.75, 3.05) is 6.54 Å². The number of aromatic nitrogens is 1. The van der Waals surface area contributed by atoms with Crippen molar-refractivity contribution in [1.29, 1.82) is 0 Å². The normalized spacial score (nSPS) is 10.6. The lowest BCUT2D eigenvalue weighted by atomic mass is 9.99. The first kappa shape index (κ1) is 12.8. The van der Waals surface area contributed by atoms with Crippen LogP contribution in [0.15, 0.2) is 42.7 Å². The molecule has 0 bridgehead atoms. The largest absolute Gasteiger partial charge is 0.313 e. The number of pyridine rings is 1. The van der Waals surface area contributed by atoms with E-state index in [1.165, 1.54) is 28.7 Å². The molecule has 0 fully saturated rings. The Labute approximate surface area is 109 Å². The molecule has 0 unspecified atom stereocenters. The van der Waals surface area contributed by atoms with E-state index in [4.69, 9.17) is 0 Å². The van der Waals surface area contributed by atoms with Gasteiger partial charge in [0, 0.05) is 18.9 Å². The maximum absolute atomic E-state index is 4.06. The second kappa shape index (κ2) is 6.31. The summed E-state index contributed by atoms with van der Waals surface area (Å²) in [6.45, 7) is 6.38. The van der Waals surface area contributed by atoms with Crippen LogP contribution in [0.1, 0.15) is 24.5 Å². The van der Waals surface area contributed by atoms with E-state index in [2.05, 4.69) is 54.5 Å². The fourth-order valence-electron chi connectivity index (χ4n) is 2.10. The van der Waals surface area contributed by atoms with Gasteiger partial charge in [0.2, 0.25) is 0 Å². The third kappa shape index (κ3) is 3.17. The summed E-state index contributed by atoms with van der Waals surface area (Å²) >= 11 is 0. The van der Waals surface area contributed by atoms with E-state index in [1.54, 1.807) is 0 Å². The molecule has 2 heteroatoms. The van der Waals surface area contributed by atoms with Crippen LogP contribution < -0.4 is 5.32 Å². The van der Waals surface area contributed by atoms with Crippen molar-refractivity contribution in [3.63, 3.8) is 0 Å². The van der Waals surface area contributed by atoms with Gasteiger partial charge in [-0.1, -0.05) is 25.1 Å². The Morgan fingerprint density at radius 2 is 1.89 bits per heavy atom. The topological polar surface area (TPSA) is 24.9 Å². The van der Waals surface area contributed by atoms with Gasteiger partial charge in [0.25, 0.3) is 0 Å². The Bertz CT molecular complexity index is 492. The summed E-state index contributed by atoms with van der Waals surface area (Å²) in [5.41, 5.74) is 5.18. The van der Waals surface area contributed by atoms with Crippen LogP contribution in [0.25, 0.3) is 11.1 Å². The molecule has 0 spiro atoms. The quantitative estimate of drug-likeness (QED) is 0.808. The van der Waals surface area contributed by atoms with Crippen LogP contribution in [0, 0.1) is 6.92 Å². The van der Waals surface area contributed by atoms with E-state index in [9.17, 15) is 0 Å². The van der Waals surface area contributed by atoms with Crippen LogP contribution in [0.2, 0.25) is 0 Å². The molecule has 2 nitrogen and oxygen atoms in total. The molecule has 1 N–H and O–H groups in total. The average molecular weight is 240 g/mol. The van der Waals surface area contributed by atoms with Gasteiger partial charge in [-0.2, -0.15) is 0 Å². The summed E-state index contributed by atoms with van der Waals surface area (Å²) in [6, 6.07) is 10.8. The summed E-state index contributed by atoms with van der Waals surface area (Å²) in [4.78, 5) is 4.06. The summed E-state index contributed by atoms with van der Waals surface area (Å²) < 4.78 is 0. The molecule has 0 radical (unpaired) electrons. The van der Waals surface area contributed by atoms with Crippen LogP contribution >= 0.6 is 0 Å². The minimum atomic E-state index is 0.950. The predicted molar refractivity (Wildman–Crippen MR) is 76.4 cm³/mol. The number of benzene rings is 1. The predicted octanol–water partition coefficient (Wildman–Crippen LogP) is 3.56. The molecule has 1 aromatic carbocycles. The molecule has 0 aliphatic rings. The van der Waals surface area contributed by atoms with Gasteiger partial charge in [0.05, 0.1) is 0 Å². The van der Waals surface area contributed by atoms with Gasteiger partial charge < -0.3 is 5.32 Å². The highest BCUT2D eigenvalue weighted by atomic mass is 14.8. The number of nitrogens with zero attached hydrogens (tertiary/aromatic N) is 1. The molecule has 0 aliphatic carbocycles. The van der Waals surface area contributed by atoms with Crippen LogP contribution in [-0.2, 0) is 6.54 Å². The van der Waals surface area contributed by atoms with E-state index < -0.39 is 0 Å². The standard InChI is InChI=1S/C16H20N2/c1-3-8-18-12-14-4-5-16(13(2)11-14)15-6-9-17-10-7-15/h4-7,9-11,18H,3,8,12H2,1-2H3. The van der Waals surface area contributed by atoms with Gasteiger partial charge >= 0.3 is 0 Å². The van der Waals surface area contributed by atoms with Crippen LogP contribution in [0.5, 0.6) is 0 Å². The van der Waals surface area contributed by atoms with Gasteiger partial charge in [-0.05, 0) is 54.3 Å². The molecule has 0 amide bonds. The maximum Gasteiger partial charge on any atom is 0.0273 e. The van der Waals surface area contributed by atoms with Gasteiger partial charge in [0.15, 0.2) is 0 Å². The smallest absolute Gasteiger partial charge is 0.0273 e. The molecule has 0 atom stereocenters. The Morgan fingerprint density at radius 3 is 2.56 bits per heavy atom. The van der Waals surface area contributed by atoms with E-state index >= 15 is 0 Å². The summed E-state index contributed by atoms with van der Waals surface area (Å²) in [7, 11) is 0. The Morgan fingerprint density at radius 1 is 1.11 bits per heavy atom. The van der Waals surface area contributed by atoms with Gasteiger partial charge in [0.1, 0.15) is 0 Å². The molecule has 2 aromatic rings. The molecule has 2 rings (SSSR count). The number of nitrogens with one attached hydrogen (secondary N) is 1. The van der Waals surface area contributed by atoms with Crippen LogP contribution in [-0.4, -0.2) is 11.5 Å². The summed E-state index contributed by atoms with van der Waals surface area (Å²) in [5.74, 6) is 0. The molecule has 0 saturated heterocycles. The lowest BCUT2D eigenvalue weighted by Crippen LogP contribution is -2.13. The minimum absolute atomic E-state index is 0.950. The third-order valence-electron chi connectivity index (χ3n) is 3.04. The first-order valence-electron chi connectivity index (χ1n) is 6.52. The zero-order valence-electron chi connectivity index (χ0n) is 11.1. The van der Waals surface area contributed by atoms with Crippen molar-refractivity contribution in [2.45, 2.75) is 26.8 Å². The highest BCUT2D eigenvalue weighted by molar-refractivity contribution is 5.66. The van der Waals surface area contributed by atoms with Crippen molar-refractivity contribution >= 4 is 0 Å². The lowest BCUT2D eigenvalue weighted by molar-refractivity contribution is 0.675. The zero-order chi connectivity index (χ0) is 12.8. The van der Waals surface area contributed by atoms with Crippen molar-refractivity contribution in [2.24, 2.45) is 0 Å². The monoisotopic (exact) mass is 240 g/mol. The fraction of sp³-hybridized carbons (Fsp3) is 0.312. The number of rotatable bonds is 5. The van der Waals surface area contributed by atoms with Crippen LogP contribution in [0.4, 0.5) is 0 Å². The second-order valence-corrected chi connectivity index (χ2v) is 4.56. The van der Waals surface area contributed by atoms with Crippen LogP contribution in [0.3, 0.4) is 0 Å². The van der Waals surface area contributed by atoms with Crippen molar-refractivity contribution in [1.82, 2.24) is 10.3 Å². The Kier molecular flexibility index (Phi) is 4.48. The van der Waals surface area contributed by atoms with E-state index in [-0.39, 0.29) is 0 Å².